The molecule has 0 aliphatic heterocycles. The fourth-order valence-corrected chi connectivity index (χ4v) is 1.18. The van der Waals surface area contributed by atoms with Gasteiger partial charge < -0.3 is 9.84 Å². The molecule has 0 radical (unpaired) electrons. The van der Waals surface area contributed by atoms with Crippen LogP contribution in [0.25, 0.3) is 0 Å². The van der Waals surface area contributed by atoms with Gasteiger partial charge in [-0.2, -0.15) is 5.10 Å². The highest BCUT2D eigenvalue weighted by Crippen LogP contribution is 1.98. The number of aryl methyl sites for hydroxylation is 2. The Morgan fingerprint density at radius 1 is 1.54 bits per heavy atom. The Morgan fingerprint density at radius 2 is 2.23 bits per heavy atom. The third-order valence-electron chi connectivity index (χ3n) is 1.71. The predicted octanol–water partition coefficient (Wildman–Crippen LogP) is -0.0978. The highest BCUT2D eigenvalue weighted by molar-refractivity contribution is 4.87. The van der Waals surface area contributed by atoms with Gasteiger partial charge in [-0.15, -0.1) is 0 Å². The van der Waals surface area contributed by atoms with Crippen molar-refractivity contribution in [1.82, 2.24) is 14.8 Å². The van der Waals surface area contributed by atoms with Gasteiger partial charge in [0.25, 0.3) is 0 Å². The Hall–Kier alpha value is -0.940. The van der Waals surface area contributed by atoms with Crippen molar-refractivity contribution in [2.24, 2.45) is 0 Å². The molecule has 13 heavy (non-hydrogen) atoms. The van der Waals surface area contributed by atoms with Crippen LogP contribution in [0.4, 0.5) is 0 Å². The van der Waals surface area contributed by atoms with Gasteiger partial charge in [-0.25, -0.2) is 9.67 Å². The summed E-state index contributed by atoms with van der Waals surface area (Å²) in [4.78, 5) is 4.12. The van der Waals surface area contributed by atoms with E-state index in [0.29, 0.717) is 13.2 Å². The molecule has 0 bridgehead atoms. The smallest absolute Gasteiger partial charge is 0.147 e. The monoisotopic (exact) mass is 185 g/mol. The summed E-state index contributed by atoms with van der Waals surface area (Å²) >= 11 is 0. The first-order chi connectivity index (χ1) is 6.13. The van der Waals surface area contributed by atoms with E-state index in [0.717, 1.165) is 11.6 Å². The molecule has 0 fully saturated rings. The normalized spacial score (nSPS) is 13.2. The zero-order chi connectivity index (χ0) is 9.84. The molecule has 5 heteroatoms. The van der Waals surface area contributed by atoms with E-state index in [1.54, 1.807) is 11.8 Å². The van der Waals surface area contributed by atoms with Crippen molar-refractivity contribution in [1.29, 1.82) is 0 Å². The third kappa shape index (κ3) is 2.78. The molecule has 0 aliphatic rings. The molecule has 1 N–H and O–H groups in total. The van der Waals surface area contributed by atoms with Crippen molar-refractivity contribution in [2.75, 3.05) is 13.7 Å². The molecule has 1 rings (SSSR count). The van der Waals surface area contributed by atoms with E-state index in [1.165, 1.54) is 0 Å². The maximum atomic E-state index is 9.42. The second-order valence-electron chi connectivity index (χ2n) is 3.00. The van der Waals surface area contributed by atoms with Crippen LogP contribution in [0, 0.1) is 13.8 Å². The summed E-state index contributed by atoms with van der Waals surface area (Å²) < 4.78 is 6.49. The number of aliphatic hydroxyl groups excluding tert-OH is 1. The largest absolute Gasteiger partial charge is 0.389 e. The van der Waals surface area contributed by atoms with Crippen molar-refractivity contribution in [3.05, 3.63) is 11.6 Å². The van der Waals surface area contributed by atoms with E-state index < -0.39 is 6.10 Å². The standard InChI is InChI=1S/C8H15N3O2/c1-6-9-7(2)11(10-6)4-8(12)5-13-3/h8,12H,4-5H2,1-3H3. The first-order valence-corrected chi connectivity index (χ1v) is 4.18. The summed E-state index contributed by atoms with van der Waals surface area (Å²) in [6.07, 6.45) is -0.523. The van der Waals surface area contributed by atoms with E-state index >= 15 is 0 Å². The van der Waals surface area contributed by atoms with Crippen LogP contribution in [-0.4, -0.2) is 39.7 Å². The Kier molecular flexibility index (Phi) is 3.39. The molecule has 0 aliphatic carbocycles. The molecule has 1 atom stereocenters. The molecule has 1 heterocycles. The molecule has 74 valence electrons. The minimum atomic E-state index is -0.523. The van der Waals surface area contributed by atoms with Crippen LogP contribution in [0.1, 0.15) is 11.6 Å². The van der Waals surface area contributed by atoms with Gasteiger partial charge in [-0.3, -0.25) is 0 Å². The Balaban J connectivity index is 2.57. The fraction of sp³-hybridized carbons (Fsp3) is 0.750. The van der Waals surface area contributed by atoms with Crippen LogP contribution in [0.5, 0.6) is 0 Å². The van der Waals surface area contributed by atoms with Gasteiger partial charge >= 0.3 is 0 Å². The Morgan fingerprint density at radius 3 is 2.69 bits per heavy atom. The van der Waals surface area contributed by atoms with Crippen molar-refractivity contribution in [3.8, 4) is 0 Å². The quantitative estimate of drug-likeness (QED) is 0.711. The summed E-state index contributed by atoms with van der Waals surface area (Å²) in [6.45, 7) is 4.44. The van der Waals surface area contributed by atoms with Crippen molar-refractivity contribution >= 4 is 0 Å². The zero-order valence-corrected chi connectivity index (χ0v) is 8.19. The highest BCUT2D eigenvalue weighted by Gasteiger charge is 2.08. The summed E-state index contributed by atoms with van der Waals surface area (Å²) in [5.74, 6) is 1.54. The average Bonchev–Trinajstić information content (AvgIpc) is 2.30. The minimum Gasteiger partial charge on any atom is -0.389 e. The summed E-state index contributed by atoms with van der Waals surface area (Å²) in [5, 5.41) is 13.5. The maximum absolute atomic E-state index is 9.42. The van der Waals surface area contributed by atoms with Crippen LogP contribution in [0.2, 0.25) is 0 Å². The molecule has 1 aromatic rings. The lowest BCUT2D eigenvalue weighted by Gasteiger charge is -2.09. The van der Waals surface area contributed by atoms with E-state index in [4.69, 9.17) is 4.74 Å². The lowest BCUT2D eigenvalue weighted by atomic mass is 10.4. The lowest BCUT2D eigenvalue weighted by molar-refractivity contribution is 0.0509. The average molecular weight is 185 g/mol. The molecule has 0 amide bonds. The van der Waals surface area contributed by atoms with E-state index in [2.05, 4.69) is 10.1 Å². The van der Waals surface area contributed by atoms with Gasteiger partial charge in [-0.05, 0) is 13.8 Å². The molecular weight excluding hydrogens is 170 g/mol. The molecule has 0 spiro atoms. The van der Waals surface area contributed by atoms with Crippen LogP contribution >= 0.6 is 0 Å². The van der Waals surface area contributed by atoms with Gasteiger partial charge in [0.15, 0.2) is 0 Å². The Labute approximate surface area is 77.4 Å². The van der Waals surface area contributed by atoms with Crippen molar-refractivity contribution < 1.29 is 9.84 Å². The summed E-state index contributed by atoms with van der Waals surface area (Å²) in [6, 6.07) is 0. The number of aliphatic hydroxyl groups is 1. The van der Waals surface area contributed by atoms with Gasteiger partial charge in [0, 0.05) is 7.11 Å². The van der Waals surface area contributed by atoms with Crippen molar-refractivity contribution in [2.45, 2.75) is 26.5 Å². The number of hydrogen-bond donors (Lipinski definition) is 1. The van der Waals surface area contributed by atoms with E-state index in [-0.39, 0.29) is 0 Å². The second kappa shape index (κ2) is 4.34. The summed E-state index contributed by atoms with van der Waals surface area (Å²) in [7, 11) is 1.56. The predicted molar refractivity (Wildman–Crippen MR) is 47.4 cm³/mol. The molecule has 1 unspecified atom stereocenters. The van der Waals surface area contributed by atoms with Gasteiger partial charge in [0.05, 0.1) is 19.3 Å². The first-order valence-electron chi connectivity index (χ1n) is 4.18. The molecule has 1 aromatic heterocycles. The minimum absolute atomic E-state index is 0.318. The Bertz CT molecular complexity index is 272. The zero-order valence-electron chi connectivity index (χ0n) is 8.19. The van der Waals surface area contributed by atoms with Gasteiger partial charge in [0.2, 0.25) is 0 Å². The number of methoxy groups -OCH3 is 1. The first kappa shape index (κ1) is 10.1. The molecule has 5 nitrogen and oxygen atoms in total. The van der Waals surface area contributed by atoms with Crippen LogP contribution in [0.15, 0.2) is 0 Å². The lowest BCUT2D eigenvalue weighted by Crippen LogP contribution is -2.22. The number of nitrogens with zero attached hydrogens (tertiary/aromatic N) is 3. The van der Waals surface area contributed by atoms with E-state index in [1.807, 2.05) is 13.8 Å². The molecular formula is C8H15N3O2. The van der Waals surface area contributed by atoms with Crippen LogP contribution < -0.4 is 0 Å². The van der Waals surface area contributed by atoms with Crippen molar-refractivity contribution in [3.63, 3.8) is 0 Å². The van der Waals surface area contributed by atoms with E-state index in [9.17, 15) is 5.11 Å². The number of rotatable bonds is 4. The second-order valence-corrected chi connectivity index (χ2v) is 3.00. The number of aromatic nitrogens is 3. The van der Waals surface area contributed by atoms with Gasteiger partial charge in [0.1, 0.15) is 11.6 Å². The SMILES string of the molecule is COCC(O)Cn1nc(C)nc1C. The van der Waals surface area contributed by atoms with Crippen LogP contribution in [0.3, 0.4) is 0 Å². The number of ether oxygens (including phenoxy) is 1. The molecule has 0 saturated carbocycles. The molecule has 0 saturated heterocycles. The van der Waals surface area contributed by atoms with Gasteiger partial charge in [-0.1, -0.05) is 0 Å². The summed E-state index contributed by atoms with van der Waals surface area (Å²) in [5.41, 5.74) is 0. The maximum Gasteiger partial charge on any atom is 0.147 e. The third-order valence-corrected chi connectivity index (χ3v) is 1.71. The highest BCUT2D eigenvalue weighted by atomic mass is 16.5. The topological polar surface area (TPSA) is 60.2 Å². The van der Waals surface area contributed by atoms with Crippen LogP contribution in [-0.2, 0) is 11.3 Å². The number of hydrogen-bond acceptors (Lipinski definition) is 4. The molecule has 0 aromatic carbocycles. The fourth-order valence-electron chi connectivity index (χ4n) is 1.18.